The third kappa shape index (κ3) is 6.29. The van der Waals surface area contributed by atoms with Gasteiger partial charge in [-0.2, -0.15) is 11.8 Å². The SMILES string of the molecule is CCNC(=NCc1ccc(N2CCC(CO)CC2)cc1)N1CCSC(C(C)C)C1. The molecule has 0 aromatic heterocycles. The molecule has 0 saturated carbocycles. The highest BCUT2D eigenvalue weighted by Gasteiger charge is 2.25. The first-order chi connectivity index (χ1) is 14.1. The monoisotopic (exact) mass is 418 g/mol. The predicted octanol–water partition coefficient (Wildman–Crippen LogP) is 3.43. The van der Waals surface area contributed by atoms with E-state index in [4.69, 9.17) is 4.99 Å². The van der Waals surface area contributed by atoms with Crippen LogP contribution in [0.2, 0.25) is 0 Å². The number of aliphatic hydroxyl groups is 1. The van der Waals surface area contributed by atoms with Crippen LogP contribution in [0, 0.1) is 11.8 Å². The first-order valence-electron chi connectivity index (χ1n) is 11.2. The largest absolute Gasteiger partial charge is 0.396 e. The van der Waals surface area contributed by atoms with Gasteiger partial charge in [-0.05, 0) is 49.3 Å². The summed E-state index contributed by atoms with van der Waals surface area (Å²) in [6, 6.07) is 8.87. The second kappa shape index (κ2) is 11.1. The van der Waals surface area contributed by atoms with E-state index in [-0.39, 0.29) is 0 Å². The Morgan fingerprint density at radius 3 is 2.55 bits per heavy atom. The number of thioether (sulfide) groups is 1. The van der Waals surface area contributed by atoms with Crippen LogP contribution in [0.1, 0.15) is 39.2 Å². The molecule has 1 atom stereocenters. The lowest BCUT2D eigenvalue weighted by Crippen LogP contribution is -2.49. The highest BCUT2D eigenvalue weighted by molar-refractivity contribution is 8.00. The van der Waals surface area contributed by atoms with Crippen molar-refractivity contribution in [3.05, 3.63) is 29.8 Å². The van der Waals surface area contributed by atoms with Gasteiger partial charge in [-0.15, -0.1) is 0 Å². The number of hydrogen-bond donors (Lipinski definition) is 2. The molecular weight excluding hydrogens is 380 g/mol. The summed E-state index contributed by atoms with van der Waals surface area (Å²) < 4.78 is 0. The Hall–Kier alpha value is -1.40. The number of nitrogens with one attached hydrogen (secondary N) is 1. The maximum Gasteiger partial charge on any atom is 0.194 e. The molecule has 1 aromatic carbocycles. The fourth-order valence-corrected chi connectivity index (χ4v) is 5.35. The summed E-state index contributed by atoms with van der Waals surface area (Å²) in [6.07, 6.45) is 2.17. The zero-order chi connectivity index (χ0) is 20.6. The van der Waals surface area contributed by atoms with E-state index in [0.29, 0.717) is 30.2 Å². The highest BCUT2D eigenvalue weighted by Crippen LogP contribution is 2.25. The van der Waals surface area contributed by atoms with Crippen molar-refractivity contribution >= 4 is 23.4 Å². The lowest BCUT2D eigenvalue weighted by atomic mass is 9.97. The molecule has 0 bridgehead atoms. The number of anilines is 1. The summed E-state index contributed by atoms with van der Waals surface area (Å²) in [5.74, 6) is 3.40. The van der Waals surface area contributed by atoms with Crippen molar-refractivity contribution in [2.75, 3.05) is 50.0 Å². The molecule has 29 heavy (non-hydrogen) atoms. The van der Waals surface area contributed by atoms with Gasteiger partial charge in [0.1, 0.15) is 0 Å². The quantitative estimate of drug-likeness (QED) is 0.548. The van der Waals surface area contributed by atoms with Crippen molar-refractivity contribution in [2.45, 2.75) is 45.4 Å². The molecule has 0 aliphatic carbocycles. The predicted molar refractivity (Wildman–Crippen MR) is 126 cm³/mol. The number of rotatable bonds is 6. The number of nitrogens with zero attached hydrogens (tertiary/aromatic N) is 3. The van der Waals surface area contributed by atoms with Crippen LogP contribution < -0.4 is 10.2 Å². The van der Waals surface area contributed by atoms with Gasteiger partial charge in [0.05, 0.1) is 6.54 Å². The highest BCUT2D eigenvalue weighted by atomic mass is 32.2. The molecule has 2 saturated heterocycles. The van der Waals surface area contributed by atoms with Crippen LogP contribution in [0.15, 0.2) is 29.3 Å². The van der Waals surface area contributed by atoms with E-state index in [9.17, 15) is 5.11 Å². The maximum atomic E-state index is 9.32. The molecule has 5 nitrogen and oxygen atoms in total. The molecule has 2 heterocycles. The molecule has 3 rings (SSSR count). The number of aliphatic imine (C=N–C) groups is 1. The summed E-state index contributed by atoms with van der Waals surface area (Å²) in [4.78, 5) is 9.81. The zero-order valence-corrected chi connectivity index (χ0v) is 19.1. The van der Waals surface area contributed by atoms with E-state index in [1.165, 1.54) is 17.0 Å². The van der Waals surface area contributed by atoms with Gasteiger partial charge >= 0.3 is 0 Å². The third-order valence-corrected chi connectivity index (χ3v) is 7.60. The van der Waals surface area contributed by atoms with Crippen molar-refractivity contribution < 1.29 is 5.11 Å². The Kier molecular flexibility index (Phi) is 8.54. The van der Waals surface area contributed by atoms with Crippen LogP contribution in [0.4, 0.5) is 5.69 Å². The van der Waals surface area contributed by atoms with Gasteiger partial charge in [-0.3, -0.25) is 0 Å². The molecule has 2 aliphatic rings. The number of benzene rings is 1. The molecule has 162 valence electrons. The molecule has 1 unspecified atom stereocenters. The zero-order valence-electron chi connectivity index (χ0n) is 18.3. The topological polar surface area (TPSA) is 51.1 Å². The molecule has 0 radical (unpaired) electrons. The van der Waals surface area contributed by atoms with Crippen LogP contribution in [-0.4, -0.2) is 66.3 Å². The normalized spacial score (nSPS) is 21.7. The number of aliphatic hydroxyl groups excluding tert-OH is 1. The minimum atomic E-state index is 0.326. The minimum Gasteiger partial charge on any atom is -0.396 e. The summed E-state index contributed by atoms with van der Waals surface area (Å²) in [5.41, 5.74) is 2.54. The van der Waals surface area contributed by atoms with Crippen molar-refractivity contribution in [1.29, 1.82) is 0 Å². The van der Waals surface area contributed by atoms with E-state index in [1.807, 2.05) is 0 Å². The number of hydrogen-bond acceptors (Lipinski definition) is 4. The Morgan fingerprint density at radius 1 is 1.21 bits per heavy atom. The average molecular weight is 419 g/mol. The molecule has 0 amide bonds. The van der Waals surface area contributed by atoms with Gasteiger partial charge in [0.2, 0.25) is 0 Å². The van der Waals surface area contributed by atoms with Gasteiger partial charge in [0.25, 0.3) is 0 Å². The van der Waals surface area contributed by atoms with Crippen molar-refractivity contribution in [3.8, 4) is 0 Å². The lowest BCUT2D eigenvalue weighted by molar-refractivity contribution is 0.203. The Bertz CT molecular complexity index is 641. The van der Waals surface area contributed by atoms with Crippen LogP contribution in [0.5, 0.6) is 0 Å². The molecule has 1 aromatic rings. The molecular formula is C23H38N4OS. The van der Waals surface area contributed by atoms with Crippen molar-refractivity contribution in [3.63, 3.8) is 0 Å². The average Bonchev–Trinajstić information content (AvgIpc) is 2.77. The number of piperidine rings is 1. The second-order valence-electron chi connectivity index (χ2n) is 8.55. The van der Waals surface area contributed by atoms with Gasteiger partial charge in [-0.25, -0.2) is 4.99 Å². The molecule has 2 aliphatic heterocycles. The second-order valence-corrected chi connectivity index (χ2v) is 9.90. The van der Waals surface area contributed by atoms with E-state index in [1.54, 1.807) is 0 Å². The van der Waals surface area contributed by atoms with Crippen LogP contribution >= 0.6 is 11.8 Å². The van der Waals surface area contributed by atoms with Gasteiger partial charge < -0.3 is 20.2 Å². The fraction of sp³-hybridized carbons (Fsp3) is 0.696. The van der Waals surface area contributed by atoms with Gasteiger partial charge in [-0.1, -0.05) is 26.0 Å². The third-order valence-electron chi connectivity index (χ3n) is 6.06. The van der Waals surface area contributed by atoms with E-state index < -0.39 is 0 Å². The van der Waals surface area contributed by atoms with Crippen LogP contribution in [0.3, 0.4) is 0 Å². The summed E-state index contributed by atoms with van der Waals surface area (Å²) in [7, 11) is 0. The van der Waals surface area contributed by atoms with Gasteiger partial charge in [0.15, 0.2) is 5.96 Å². The van der Waals surface area contributed by atoms with E-state index in [0.717, 1.165) is 51.5 Å². The Morgan fingerprint density at radius 2 is 1.93 bits per heavy atom. The minimum absolute atomic E-state index is 0.326. The summed E-state index contributed by atoms with van der Waals surface area (Å²) in [6.45, 7) is 12.9. The fourth-order valence-electron chi connectivity index (χ4n) is 4.05. The Labute approximate surface area is 181 Å². The Balaban J connectivity index is 1.59. The molecule has 2 N–H and O–H groups in total. The molecule has 2 fully saturated rings. The van der Waals surface area contributed by atoms with Crippen molar-refractivity contribution in [1.82, 2.24) is 10.2 Å². The number of guanidine groups is 1. The van der Waals surface area contributed by atoms with E-state index in [2.05, 4.69) is 71.9 Å². The smallest absolute Gasteiger partial charge is 0.194 e. The van der Waals surface area contributed by atoms with Crippen molar-refractivity contribution in [2.24, 2.45) is 16.8 Å². The summed E-state index contributed by atoms with van der Waals surface area (Å²) >= 11 is 2.10. The maximum absolute atomic E-state index is 9.32. The van der Waals surface area contributed by atoms with Crippen LogP contribution in [0.25, 0.3) is 0 Å². The lowest BCUT2D eigenvalue weighted by Gasteiger charge is -2.36. The van der Waals surface area contributed by atoms with E-state index >= 15 is 0 Å². The molecule has 0 spiro atoms. The first-order valence-corrected chi connectivity index (χ1v) is 12.2. The van der Waals surface area contributed by atoms with Gasteiger partial charge in [0, 0.05) is 56.0 Å². The van der Waals surface area contributed by atoms with Crippen LogP contribution in [-0.2, 0) is 6.54 Å². The summed E-state index contributed by atoms with van der Waals surface area (Å²) in [5, 5.41) is 13.5. The standard InChI is InChI=1S/C23H38N4OS/c1-4-24-23(27-13-14-29-22(16-27)18(2)3)25-15-19-5-7-21(8-6-19)26-11-9-20(17-28)10-12-26/h5-8,18,20,22,28H,4,9-17H2,1-3H3,(H,24,25). The molecule has 6 heteroatoms. The first kappa shape index (κ1) is 22.3.